The van der Waals surface area contributed by atoms with E-state index in [9.17, 15) is 0 Å². The molecule has 1 aliphatic rings. The van der Waals surface area contributed by atoms with E-state index >= 15 is 0 Å². The van der Waals surface area contributed by atoms with Crippen LogP contribution in [0.1, 0.15) is 47.1 Å². The van der Waals surface area contributed by atoms with Crippen molar-refractivity contribution in [1.29, 1.82) is 0 Å². The van der Waals surface area contributed by atoms with Crippen LogP contribution in [0.4, 0.5) is 0 Å². The van der Waals surface area contributed by atoms with Crippen LogP contribution < -0.4 is 4.74 Å². The van der Waals surface area contributed by atoms with Gasteiger partial charge in [-0.15, -0.1) is 0 Å². The largest absolute Gasteiger partial charge is 0.482 e. The van der Waals surface area contributed by atoms with Crippen LogP contribution in [0.25, 0.3) is 32.7 Å². The Bertz CT molecular complexity index is 1110. The van der Waals surface area contributed by atoms with Crippen LogP contribution in [0.3, 0.4) is 0 Å². The van der Waals surface area contributed by atoms with E-state index in [1.54, 1.807) is 0 Å². The van der Waals surface area contributed by atoms with Gasteiger partial charge in [0, 0.05) is 22.1 Å². The first-order chi connectivity index (χ1) is 13.6. The second kappa shape index (κ2) is 8.06. The Kier molecular flexibility index (Phi) is 5.74. The molecule has 0 aliphatic carbocycles. The smallest absolute Gasteiger partial charge is 0.136 e. The standard InChI is InChI=1S/C23H18O.2C2H6/c1-23(2)20-14-12-15-7-3-5-9-17(15)21(20)19-13-11-16-8-4-6-10-18(16)22(19)24-23;2*1-2/h3-14H,1-2H3;2*1-2H3. The lowest BCUT2D eigenvalue weighted by Crippen LogP contribution is -2.29. The van der Waals surface area contributed by atoms with Gasteiger partial charge in [-0.25, -0.2) is 0 Å². The summed E-state index contributed by atoms with van der Waals surface area (Å²) >= 11 is 0. The molecule has 5 rings (SSSR count). The van der Waals surface area contributed by atoms with Crippen LogP contribution in [-0.2, 0) is 5.60 Å². The summed E-state index contributed by atoms with van der Waals surface area (Å²) in [6.45, 7) is 12.3. The highest BCUT2D eigenvalue weighted by molar-refractivity contribution is 6.05. The molecule has 0 N–H and O–H groups in total. The molecule has 0 fully saturated rings. The van der Waals surface area contributed by atoms with Crippen molar-refractivity contribution >= 4 is 21.5 Å². The molecule has 1 heteroatoms. The Balaban J connectivity index is 0.000000531. The van der Waals surface area contributed by atoms with Gasteiger partial charge in [-0.05, 0) is 36.1 Å². The van der Waals surface area contributed by atoms with Gasteiger partial charge in [0.25, 0.3) is 0 Å². The fraction of sp³-hybridized carbons (Fsp3) is 0.259. The van der Waals surface area contributed by atoms with Crippen LogP contribution in [0.2, 0.25) is 0 Å². The Morgan fingerprint density at radius 3 is 1.82 bits per heavy atom. The highest BCUT2D eigenvalue weighted by atomic mass is 16.5. The zero-order valence-corrected chi connectivity index (χ0v) is 17.8. The van der Waals surface area contributed by atoms with Gasteiger partial charge in [0.05, 0.1) is 0 Å². The lowest BCUT2D eigenvalue weighted by atomic mass is 9.82. The Hall–Kier alpha value is -2.80. The average molecular weight is 371 g/mol. The first-order valence-electron chi connectivity index (χ1n) is 10.4. The first kappa shape index (κ1) is 19.9. The molecule has 1 nitrogen and oxygen atoms in total. The number of hydrogen-bond donors (Lipinski definition) is 0. The highest BCUT2D eigenvalue weighted by Gasteiger charge is 2.34. The lowest BCUT2D eigenvalue weighted by Gasteiger charge is -2.36. The van der Waals surface area contributed by atoms with E-state index < -0.39 is 0 Å². The predicted octanol–water partition coefficient (Wildman–Crippen LogP) is 8.34. The van der Waals surface area contributed by atoms with Crippen molar-refractivity contribution < 1.29 is 4.74 Å². The van der Waals surface area contributed by atoms with Gasteiger partial charge in [0.2, 0.25) is 0 Å². The van der Waals surface area contributed by atoms with Crippen LogP contribution in [-0.4, -0.2) is 0 Å². The Labute approximate surface area is 169 Å². The third-order valence-electron chi connectivity index (χ3n) is 5.08. The molecule has 1 heterocycles. The van der Waals surface area contributed by atoms with Crippen LogP contribution in [0.5, 0.6) is 5.75 Å². The normalized spacial score (nSPS) is 13.2. The van der Waals surface area contributed by atoms with Crippen molar-refractivity contribution in [3.05, 3.63) is 78.4 Å². The molecule has 0 aromatic heterocycles. The van der Waals surface area contributed by atoms with Crippen LogP contribution >= 0.6 is 0 Å². The third-order valence-corrected chi connectivity index (χ3v) is 5.08. The number of rotatable bonds is 0. The van der Waals surface area contributed by atoms with Crippen molar-refractivity contribution in [2.24, 2.45) is 0 Å². The van der Waals surface area contributed by atoms with Crippen molar-refractivity contribution in [2.75, 3.05) is 0 Å². The molecule has 0 saturated heterocycles. The number of ether oxygens (including phenoxy) is 1. The molecule has 4 aromatic rings. The third kappa shape index (κ3) is 3.16. The fourth-order valence-corrected chi connectivity index (χ4v) is 3.92. The summed E-state index contributed by atoms with van der Waals surface area (Å²) in [6.07, 6.45) is 0. The summed E-state index contributed by atoms with van der Waals surface area (Å²) in [4.78, 5) is 0. The van der Waals surface area contributed by atoms with Crippen molar-refractivity contribution in [2.45, 2.75) is 47.1 Å². The summed E-state index contributed by atoms with van der Waals surface area (Å²) in [5, 5.41) is 4.97. The monoisotopic (exact) mass is 370 g/mol. The first-order valence-corrected chi connectivity index (χ1v) is 10.4. The minimum absolute atomic E-state index is 0.351. The molecule has 0 unspecified atom stereocenters. The van der Waals surface area contributed by atoms with Gasteiger partial charge >= 0.3 is 0 Å². The van der Waals surface area contributed by atoms with E-state index in [1.165, 1.54) is 38.2 Å². The van der Waals surface area contributed by atoms with Crippen LogP contribution in [0, 0.1) is 0 Å². The Morgan fingerprint density at radius 2 is 1.14 bits per heavy atom. The lowest BCUT2D eigenvalue weighted by molar-refractivity contribution is 0.108. The summed E-state index contributed by atoms with van der Waals surface area (Å²) in [5.41, 5.74) is 3.41. The Morgan fingerprint density at radius 1 is 0.607 bits per heavy atom. The zero-order chi connectivity index (χ0) is 20.3. The van der Waals surface area contributed by atoms with E-state index in [2.05, 4.69) is 86.6 Å². The predicted molar refractivity (Wildman–Crippen MR) is 123 cm³/mol. The molecule has 0 bridgehead atoms. The molecule has 144 valence electrons. The minimum atomic E-state index is -0.351. The van der Waals surface area contributed by atoms with Gasteiger partial charge in [0.15, 0.2) is 0 Å². The van der Waals surface area contributed by atoms with Gasteiger partial charge < -0.3 is 4.74 Å². The van der Waals surface area contributed by atoms with E-state index in [4.69, 9.17) is 4.74 Å². The number of hydrogen-bond acceptors (Lipinski definition) is 1. The summed E-state index contributed by atoms with van der Waals surface area (Å²) < 4.78 is 6.51. The van der Waals surface area contributed by atoms with E-state index in [-0.39, 0.29) is 5.60 Å². The molecular formula is C27H30O. The van der Waals surface area contributed by atoms with Crippen molar-refractivity contribution in [3.63, 3.8) is 0 Å². The SMILES string of the molecule is CC.CC.CC1(C)Oc2c(ccc3ccccc23)-c2c1ccc1ccccc21. The van der Waals surface area contributed by atoms with Crippen LogP contribution in [0.15, 0.2) is 72.8 Å². The van der Waals surface area contributed by atoms with E-state index in [0.717, 1.165) is 5.75 Å². The molecule has 0 amide bonds. The topological polar surface area (TPSA) is 9.23 Å². The van der Waals surface area contributed by atoms with Crippen molar-refractivity contribution in [3.8, 4) is 16.9 Å². The maximum absolute atomic E-state index is 6.51. The van der Waals surface area contributed by atoms with Crippen molar-refractivity contribution in [1.82, 2.24) is 0 Å². The van der Waals surface area contributed by atoms with E-state index in [1.807, 2.05) is 27.7 Å². The van der Waals surface area contributed by atoms with Gasteiger partial charge in [-0.1, -0.05) is 94.4 Å². The second-order valence-corrected chi connectivity index (χ2v) is 6.99. The molecule has 4 aromatic carbocycles. The summed E-state index contributed by atoms with van der Waals surface area (Å²) in [7, 11) is 0. The molecular weight excluding hydrogens is 340 g/mol. The highest BCUT2D eigenvalue weighted by Crippen LogP contribution is 2.50. The quantitative estimate of drug-likeness (QED) is 0.302. The summed E-state index contributed by atoms with van der Waals surface area (Å²) in [5.74, 6) is 1.00. The molecule has 1 aliphatic heterocycles. The molecule has 28 heavy (non-hydrogen) atoms. The maximum Gasteiger partial charge on any atom is 0.136 e. The maximum atomic E-state index is 6.51. The molecule has 0 atom stereocenters. The molecule has 0 saturated carbocycles. The fourth-order valence-electron chi connectivity index (χ4n) is 3.92. The van der Waals surface area contributed by atoms with Gasteiger partial charge in [-0.2, -0.15) is 0 Å². The zero-order valence-electron chi connectivity index (χ0n) is 17.8. The summed E-state index contributed by atoms with van der Waals surface area (Å²) in [6, 6.07) is 25.9. The minimum Gasteiger partial charge on any atom is -0.482 e. The van der Waals surface area contributed by atoms with E-state index in [0.29, 0.717) is 0 Å². The molecule has 0 spiro atoms. The number of benzene rings is 4. The number of fused-ring (bicyclic) bond motifs is 7. The van der Waals surface area contributed by atoms with Gasteiger partial charge in [-0.3, -0.25) is 0 Å². The average Bonchev–Trinajstić information content (AvgIpc) is 2.76. The molecule has 0 radical (unpaired) electrons. The van der Waals surface area contributed by atoms with Gasteiger partial charge in [0.1, 0.15) is 11.4 Å². The second-order valence-electron chi connectivity index (χ2n) is 6.99.